The Kier molecular flexibility index (Phi) is 17.8. The molecule has 0 spiro atoms. The lowest BCUT2D eigenvalue weighted by Gasteiger charge is -2.32. The third-order valence-electron chi connectivity index (χ3n) is 8.79. The van der Waals surface area contributed by atoms with Crippen molar-refractivity contribution in [1.82, 2.24) is 0 Å². The molecular formula is C40H55N2O10+. The number of carbonyl (C=O) groups excluding carboxylic acids is 5. The molecule has 1 atom stereocenters. The van der Waals surface area contributed by atoms with Gasteiger partial charge >= 0.3 is 23.9 Å². The molecule has 52 heavy (non-hydrogen) atoms. The molecular weight excluding hydrogens is 668 g/mol. The van der Waals surface area contributed by atoms with Gasteiger partial charge in [0.05, 0.1) is 50.8 Å². The van der Waals surface area contributed by atoms with Gasteiger partial charge in [-0.3, -0.25) is 24.0 Å². The molecule has 3 rings (SSSR count). The molecule has 0 radical (unpaired) electrons. The Bertz CT molecular complexity index is 1440. The second-order valence-electron chi connectivity index (χ2n) is 12.5. The lowest BCUT2D eigenvalue weighted by atomic mass is 9.71. The summed E-state index contributed by atoms with van der Waals surface area (Å²) in [5.74, 6) is -2.12. The number of carbonyl (C=O) groups is 5. The highest BCUT2D eigenvalue weighted by molar-refractivity contribution is 6.30. The second kappa shape index (κ2) is 22.3. The number of ether oxygens (including phenoxy) is 4. The second-order valence-corrected chi connectivity index (χ2v) is 12.5. The molecule has 1 aromatic rings. The fourth-order valence-electron chi connectivity index (χ4n) is 6.27. The molecule has 0 amide bonds. The summed E-state index contributed by atoms with van der Waals surface area (Å²) in [6.45, 7) is 10.7. The number of allylic oxidation sites excluding steroid dienone is 6. The molecule has 0 heterocycles. The number of aliphatic hydroxyl groups excluding tert-OH is 1. The maximum absolute atomic E-state index is 13.5. The summed E-state index contributed by atoms with van der Waals surface area (Å²) in [5, 5.41) is 11.1. The van der Waals surface area contributed by atoms with Crippen molar-refractivity contribution in [2.24, 2.45) is 11.8 Å². The third-order valence-corrected chi connectivity index (χ3v) is 8.79. The van der Waals surface area contributed by atoms with Crippen LogP contribution in [-0.2, 0) is 42.9 Å². The zero-order valence-electron chi connectivity index (χ0n) is 31.1. The summed E-state index contributed by atoms with van der Waals surface area (Å²) in [4.78, 5) is 63.1. The SMILES string of the molecule is CCOC(=O)CCCN(CCCC(=O)OCC)c1ccc(C2=C(O)C(C3C=CC(=[N+](CCCC(=O)OCC)CCCC(=O)OCC)C=C3)C2=O)cc1. The molecule has 0 bridgehead atoms. The van der Waals surface area contributed by atoms with E-state index in [0.717, 1.165) is 11.4 Å². The first-order valence-electron chi connectivity index (χ1n) is 18.6. The Balaban J connectivity index is 1.70. The summed E-state index contributed by atoms with van der Waals surface area (Å²) in [5.41, 5.74) is 2.67. The first kappa shape index (κ1) is 41.7. The highest BCUT2D eigenvalue weighted by Gasteiger charge is 2.44. The summed E-state index contributed by atoms with van der Waals surface area (Å²) >= 11 is 0. The van der Waals surface area contributed by atoms with Crippen LogP contribution in [0.5, 0.6) is 0 Å². The Hall–Kier alpha value is -4.74. The molecule has 12 heteroatoms. The van der Waals surface area contributed by atoms with Gasteiger partial charge in [-0.2, -0.15) is 0 Å². The normalized spacial score (nSPS) is 16.3. The van der Waals surface area contributed by atoms with E-state index < -0.39 is 5.92 Å². The van der Waals surface area contributed by atoms with Gasteiger partial charge in [0, 0.05) is 62.5 Å². The van der Waals surface area contributed by atoms with Gasteiger partial charge in [-0.1, -0.05) is 24.3 Å². The van der Waals surface area contributed by atoms with E-state index >= 15 is 0 Å². The minimum atomic E-state index is -0.688. The Morgan fingerprint density at radius 1 is 0.673 bits per heavy atom. The molecule has 1 unspecified atom stereocenters. The van der Waals surface area contributed by atoms with Crippen LogP contribution in [0, 0.1) is 11.8 Å². The molecule has 0 aliphatic heterocycles. The van der Waals surface area contributed by atoms with Crippen LogP contribution in [-0.4, -0.2) is 97.7 Å². The van der Waals surface area contributed by atoms with Gasteiger partial charge in [-0.25, -0.2) is 4.58 Å². The molecule has 0 aromatic heterocycles. The number of anilines is 1. The van der Waals surface area contributed by atoms with Gasteiger partial charge in [0.15, 0.2) is 11.5 Å². The number of hydrogen-bond acceptors (Lipinski definition) is 11. The standard InChI is InChI=1S/C40H54N2O10/c1-5-49-33(43)13-9-25-41(26-10-14-34(44)50-6-2)31-21-17-29(18-22-31)37-39(47)38(40(37)48)30-19-23-32(24-20-30)42(27-11-15-35(45)51-7-3)28-12-16-36(46)52-8-4/h17-24,29,37H,5-16,25-28H2,1-4H3/p+1. The van der Waals surface area contributed by atoms with E-state index in [0.29, 0.717) is 89.4 Å². The predicted molar refractivity (Wildman–Crippen MR) is 197 cm³/mol. The van der Waals surface area contributed by atoms with Crippen LogP contribution in [0.2, 0.25) is 0 Å². The van der Waals surface area contributed by atoms with E-state index in [-0.39, 0.29) is 67.0 Å². The van der Waals surface area contributed by atoms with Crippen molar-refractivity contribution in [3.8, 4) is 0 Å². The van der Waals surface area contributed by atoms with Crippen LogP contribution in [0.4, 0.5) is 5.69 Å². The Labute approximate surface area is 307 Å². The molecule has 1 aromatic carbocycles. The van der Waals surface area contributed by atoms with Crippen LogP contribution >= 0.6 is 0 Å². The van der Waals surface area contributed by atoms with Crippen LogP contribution in [0.1, 0.15) is 84.6 Å². The Morgan fingerprint density at radius 2 is 1.10 bits per heavy atom. The molecule has 0 saturated carbocycles. The zero-order chi connectivity index (χ0) is 37.9. The first-order chi connectivity index (χ1) is 25.1. The first-order valence-corrected chi connectivity index (χ1v) is 18.6. The smallest absolute Gasteiger partial charge is 0.306 e. The van der Waals surface area contributed by atoms with Gasteiger partial charge in [0.2, 0.25) is 0 Å². The molecule has 284 valence electrons. The van der Waals surface area contributed by atoms with Gasteiger partial charge in [0.25, 0.3) is 0 Å². The summed E-state index contributed by atoms with van der Waals surface area (Å²) < 4.78 is 22.3. The van der Waals surface area contributed by atoms with Crippen LogP contribution in [0.15, 0.2) is 54.3 Å². The zero-order valence-corrected chi connectivity index (χ0v) is 31.1. The number of nitrogens with zero attached hydrogens (tertiary/aromatic N) is 2. The highest BCUT2D eigenvalue weighted by Crippen LogP contribution is 2.42. The van der Waals surface area contributed by atoms with E-state index in [9.17, 15) is 29.1 Å². The molecule has 0 saturated heterocycles. The average Bonchev–Trinajstić information content (AvgIpc) is 3.11. The van der Waals surface area contributed by atoms with Crippen molar-refractivity contribution in [2.75, 3.05) is 57.5 Å². The highest BCUT2D eigenvalue weighted by atomic mass is 16.5. The van der Waals surface area contributed by atoms with E-state index in [1.807, 2.05) is 48.6 Å². The summed E-state index contributed by atoms with van der Waals surface area (Å²) in [6, 6.07) is 7.37. The quantitative estimate of drug-likeness (QED) is 0.0863. The lowest BCUT2D eigenvalue weighted by Crippen LogP contribution is -2.36. The Morgan fingerprint density at radius 3 is 1.50 bits per heavy atom. The molecule has 2 aliphatic rings. The van der Waals surface area contributed by atoms with Crippen molar-refractivity contribution < 1.29 is 52.6 Å². The number of benzene rings is 1. The van der Waals surface area contributed by atoms with Crippen molar-refractivity contribution in [2.45, 2.75) is 79.1 Å². The van der Waals surface area contributed by atoms with Crippen molar-refractivity contribution in [1.29, 1.82) is 0 Å². The van der Waals surface area contributed by atoms with E-state index in [2.05, 4.69) is 9.48 Å². The van der Waals surface area contributed by atoms with Gasteiger partial charge < -0.3 is 29.0 Å². The number of ketones is 1. The van der Waals surface area contributed by atoms with Gasteiger partial charge in [0.1, 0.15) is 18.8 Å². The minimum absolute atomic E-state index is 0.0435. The van der Waals surface area contributed by atoms with E-state index in [1.54, 1.807) is 27.7 Å². The van der Waals surface area contributed by atoms with E-state index in [1.165, 1.54) is 0 Å². The largest absolute Gasteiger partial charge is 0.511 e. The topological polar surface area (TPSA) is 149 Å². The predicted octanol–water partition coefficient (Wildman–Crippen LogP) is 5.53. The average molecular weight is 724 g/mol. The van der Waals surface area contributed by atoms with Crippen LogP contribution < -0.4 is 4.90 Å². The number of esters is 4. The maximum Gasteiger partial charge on any atom is 0.306 e. The number of aliphatic hydroxyl groups is 1. The maximum atomic E-state index is 13.5. The number of rotatable bonds is 23. The van der Waals surface area contributed by atoms with Crippen molar-refractivity contribution in [3.63, 3.8) is 0 Å². The summed E-state index contributed by atoms with van der Waals surface area (Å²) in [6.07, 6.45) is 11.1. The van der Waals surface area contributed by atoms with Gasteiger partial charge in [-0.05, 0) is 58.2 Å². The fourth-order valence-corrected chi connectivity index (χ4v) is 6.27. The summed E-state index contributed by atoms with van der Waals surface area (Å²) in [7, 11) is 0. The molecule has 2 aliphatic carbocycles. The fraction of sp³-hybridized carbons (Fsp3) is 0.550. The number of Topliss-reactive ketones (excluding diaryl/α,β-unsaturated/α-hetero) is 1. The molecule has 12 nitrogen and oxygen atoms in total. The van der Waals surface area contributed by atoms with Gasteiger partial charge in [-0.15, -0.1) is 0 Å². The number of hydrogen-bond donors (Lipinski definition) is 1. The molecule has 0 fully saturated rings. The monoisotopic (exact) mass is 723 g/mol. The molecule has 1 N–H and O–H groups in total. The lowest BCUT2D eigenvalue weighted by molar-refractivity contribution is -0.527. The third kappa shape index (κ3) is 12.8. The van der Waals surface area contributed by atoms with Crippen LogP contribution in [0.3, 0.4) is 0 Å². The van der Waals surface area contributed by atoms with Crippen molar-refractivity contribution in [3.05, 3.63) is 59.9 Å². The minimum Gasteiger partial charge on any atom is -0.511 e. The van der Waals surface area contributed by atoms with Crippen LogP contribution in [0.25, 0.3) is 5.57 Å². The van der Waals surface area contributed by atoms with Crippen molar-refractivity contribution >= 4 is 46.6 Å². The van der Waals surface area contributed by atoms with E-state index in [4.69, 9.17) is 18.9 Å².